The number of hydrogen-bond donors (Lipinski definition) is 1. The molecular weight excluding hydrogens is 200 g/mol. The SMILES string of the molecule is C=CCC(O)[C@@H](C)COCc1ccccc1. The molecule has 0 radical (unpaired) electrons. The number of ether oxygens (including phenoxy) is 1. The molecule has 2 heteroatoms. The molecule has 0 saturated heterocycles. The molecule has 1 unspecified atom stereocenters. The van der Waals surface area contributed by atoms with Crippen LogP contribution in [0, 0.1) is 5.92 Å². The molecule has 0 amide bonds. The number of hydrogen-bond acceptors (Lipinski definition) is 2. The van der Waals surface area contributed by atoms with Gasteiger partial charge in [0.15, 0.2) is 0 Å². The lowest BCUT2D eigenvalue weighted by molar-refractivity contribution is 0.0303. The lowest BCUT2D eigenvalue weighted by atomic mass is 10.0. The fourth-order valence-corrected chi connectivity index (χ4v) is 1.45. The lowest BCUT2D eigenvalue weighted by Gasteiger charge is -2.17. The minimum absolute atomic E-state index is 0.140. The molecule has 0 aromatic heterocycles. The molecule has 1 rings (SSSR count). The van der Waals surface area contributed by atoms with Crippen LogP contribution in [-0.4, -0.2) is 17.8 Å². The van der Waals surface area contributed by atoms with E-state index >= 15 is 0 Å². The van der Waals surface area contributed by atoms with Crippen LogP contribution in [0.5, 0.6) is 0 Å². The molecule has 16 heavy (non-hydrogen) atoms. The maximum atomic E-state index is 9.66. The van der Waals surface area contributed by atoms with Crippen LogP contribution in [-0.2, 0) is 11.3 Å². The Morgan fingerprint density at radius 3 is 2.69 bits per heavy atom. The van der Waals surface area contributed by atoms with Crippen molar-refractivity contribution in [2.45, 2.75) is 26.1 Å². The highest BCUT2D eigenvalue weighted by molar-refractivity contribution is 5.13. The monoisotopic (exact) mass is 220 g/mol. The zero-order valence-corrected chi connectivity index (χ0v) is 9.80. The zero-order valence-electron chi connectivity index (χ0n) is 9.80. The molecule has 0 bridgehead atoms. The first-order valence-electron chi connectivity index (χ1n) is 5.64. The average molecular weight is 220 g/mol. The van der Waals surface area contributed by atoms with E-state index in [0.29, 0.717) is 19.6 Å². The number of aliphatic hydroxyl groups excluding tert-OH is 1. The van der Waals surface area contributed by atoms with Crippen molar-refractivity contribution in [1.29, 1.82) is 0 Å². The van der Waals surface area contributed by atoms with Crippen LogP contribution >= 0.6 is 0 Å². The Kier molecular flexibility index (Phi) is 5.83. The third-order valence-corrected chi connectivity index (χ3v) is 2.56. The van der Waals surface area contributed by atoms with E-state index in [1.807, 2.05) is 37.3 Å². The highest BCUT2D eigenvalue weighted by atomic mass is 16.5. The third kappa shape index (κ3) is 4.60. The Balaban J connectivity index is 2.22. The van der Waals surface area contributed by atoms with Crippen LogP contribution in [0.15, 0.2) is 43.0 Å². The number of benzene rings is 1. The molecule has 0 aliphatic carbocycles. The fourth-order valence-electron chi connectivity index (χ4n) is 1.45. The van der Waals surface area contributed by atoms with Crippen LogP contribution in [0.1, 0.15) is 18.9 Å². The van der Waals surface area contributed by atoms with Crippen molar-refractivity contribution in [1.82, 2.24) is 0 Å². The van der Waals surface area contributed by atoms with Crippen molar-refractivity contribution in [3.63, 3.8) is 0 Å². The Bertz CT molecular complexity index is 295. The van der Waals surface area contributed by atoms with Crippen molar-refractivity contribution < 1.29 is 9.84 Å². The molecule has 0 spiro atoms. The molecule has 2 nitrogen and oxygen atoms in total. The van der Waals surface area contributed by atoms with Crippen molar-refractivity contribution >= 4 is 0 Å². The fraction of sp³-hybridized carbons (Fsp3) is 0.429. The molecule has 2 atom stereocenters. The van der Waals surface area contributed by atoms with Gasteiger partial charge in [0, 0.05) is 5.92 Å². The molecular formula is C14H20O2. The summed E-state index contributed by atoms with van der Waals surface area (Å²) >= 11 is 0. The van der Waals surface area contributed by atoms with E-state index in [-0.39, 0.29) is 12.0 Å². The third-order valence-electron chi connectivity index (χ3n) is 2.56. The number of aliphatic hydroxyl groups is 1. The largest absolute Gasteiger partial charge is 0.392 e. The first-order valence-corrected chi connectivity index (χ1v) is 5.64. The molecule has 0 aliphatic rings. The van der Waals surface area contributed by atoms with Gasteiger partial charge in [-0.15, -0.1) is 6.58 Å². The van der Waals surface area contributed by atoms with Gasteiger partial charge >= 0.3 is 0 Å². The summed E-state index contributed by atoms with van der Waals surface area (Å²) in [6.45, 7) is 6.77. The predicted molar refractivity (Wildman–Crippen MR) is 66.1 cm³/mol. The maximum Gasteiger partial charge on any atom is 0.0717 e. The van der Waals surface area contributed by atoms with Gasteiger partial charge in [-0.25, -0.2) is 0 Å². The van der Waals surface area contributed by atoms with Gasteiger partial charge in [-0.3, -0.25) is 0 Å². The topological polar surface area (TPSA) is 29.5 Å². The highest BCUT2D eigenvalue weighted by Gasteiger charge is 2.12. The quantitative estimate of drug-likeness (QED) is 0.716. The summed E-state index contributed by atoms with van der Waals surface area (Å²) in [5.41, 5.74) is 1.16. The molecule has 0 fully saturated rings. The Morgan fingerprint density at radius 2 is 2.06 bits per heavy atom. The summed E-state index contributed by atoms with van der Waals surface area (Å²) in [6, 6.07) is 10.0. The van der Waals surface area contributed by atoms with Gasteiger partial charge in [0.05, 0.1) is 19.3 Å². The molecule has 1 aromatic rings. The molecule has 1 aromatic carbocycles. The Labute approximate surface area is 97.6 Å². The number of rotatable bonds is 7. The van der Waals surface area contributed by atoms with Crippen molar-refractivity contribution in [3.8, 4) is 0 Å². The second-order valence-electron chi connectivity index (χ2n) is 4.07. The standard InChI is InChI=1S/C14H20O2/c1-3-7-14(15)12(2)10-16-11-13-8-5-4-6-9-13/h3-6,8-9,12,14-15H,1,7,10-11H2,2H3/t12-,14?/m0/s1. The van der Waals surface area contributed by atoms with Crippen LogP contribution < -0.4 is 0 Å². The first-order chi connectivity index (χ1) is 7.74. The molecule has 88 valence electrons. The van der Waals surface area contributed by atoms with Gasteiger partial charge in [-0.05, 0) is 12.0 Å². The Morgan fingerprint density at radius 1 is 1.38 bits per heavy atom. The van der Waals surface area contributed by atoms with Crippen LogP contribution in [0.4, 0.5) is 0 Å². The van der Waals surface area contributed by atoms with Crippen LogP contribution in [0.3, 0.4) is 0 Å². The average Bonchev–Trinajstić information content (AvgIpc) is 2.30. The van der Waals surface area contributed by atoms with E-state index < -0.39 is 0 Å². The summed E-state index contributed by atoms with van der Waals surface area (Å²) in [5, 5.41) is 9.66. The summed E-state index contributed by atoms with van der Waals surface area (Å²) in [4.78, 5) is 0. The van der Waals surface area contributed by atoms with Gasteiger partial charge in [0.2, 0.25) is 0 Å². The molecule has 0 heterocycles. The highest BCUT2D eigenvalue weighted by Crippen LogP contribution is 2.09. The summed E-state index contributed by atoms with van der Waals surface area (Å²) < 4.78 is 5.55. The smallest absolute Gasteiger partial charge is 0.0717 e. The minimum atomic E-state index is -0.353. The van der Waals surface area contributed by atoms with E-state index in [1.54, 1.807) is 6.08 Å². The molecule has 0 aliphatic heterocycles. The van der Waals surface area contributed by atoms with Crippen molar-refractivity contribution in [2.75, 3.05) is 6.61 Å². The van der Waals surface area contributed by atoms with Gasteiger partial charge in [-0.2, -0.15) is 0 Å². The van der Waals surface area contributed by atoms with Gasteiger partial charge in [0.1, 0.15) is 0 Å². The Hall–Kier alpha value is -1.12. The van der Waals surface area contributed by atoms with Crippen molar-refractivity contribution in [3.05, 3.63) is 48.6 Å². The van der Waals surface area contributed by atoms with Crippen LogP contribution in [0.2, 0.25) is 0 Å². The molecule has 1 N–H and O–H groups in total. The van der Waals surface area contributed by atoms with E-state index in [2.05, 4.69) is 6.58 Å². The summed E-state index contributed by atoms with van der Waals surface area (Å²) in [7, 11) is 0. The second kappa shape index (κ2) is 7.20. The van der Waals surface area contributed by atoms with Gasteiger partial charge < -0.3 is 9.84 Å². The van der Waals surface area contributed by atoms with Gasteiger partial charge in [0.25, 0.3) is 0 Å². The first kappa shape index (κ1) is 12.9. The minimum Gasteiger partial charge on any atom is -0.392 e. The zero-order chi connectivity index (χ0) is 11.8. The van der Waals surface area contributed by atoms with E-state index in [9.17, 15) is 5.11 Å². The molecule has 0 saturated carbocycles. The second-order valence-corrected chi connectivity index (χ2v) is 4.07. The summed E-state index contributed by atoms with van der Waals surface area (Å²) in [6.07, 6.45) is 2.00. The normalized spacial score (nSPS) is 14.4. The predicted octanol–water partition coefficient (Wildman–Crippen LogP) is 2.78. The summed E-state index contributed by atoms with van der Waals surface area (Å²) in [5.74, 6) is 0.140. The van der Waals surface area contributed by atoms with E-state index in [4.69, 9.17) is 4.74 Å². The van der Waals surface area contributed by atoms with E-state index in [0.717, 1.165) is 5.56 Å². The van der Waals surface area contributed by atoms with E-state index in [1.165, 1.54) is 0 Å². The maximum absolute atomic E-state index is 9.66. The van der Waals surface area contributed by atoms with Crippen LogP contribution in [0.25, 0.3) is 0 Å². The lowest BCUT2D eigenvalue weighted by Crippen LogP contribution is -2.21. The van der Waals surface area contributed by atoms with Gasteiger partial charge in [-0.1, -0.05) is 43.3 Å². The van der Waals surface area contributed by atoms with Crippen molar-refractivity contribution in [2.24, 2.45) is 5.92 Å².